The molecule has 4 aliphatic rings. The molecule has 0 aromatic heterocycles. The third-order valence-electron chi connectivity index (χ3n) is 10.1. The summed E-state index contributed by atoms with van der Waals surface area (Å²) in [6.45, 7) is 11.3. The molecule has 0 aromatic rings. The van der Waals surface area contributed by atoms with Gasteiger partial charge in [-0.25, -0.2) is 0 Å². The SMILES string of the molecule is C[C@H](CCC(C)(C)O)[C@H]1CC[C@H]2[C@@H]3CC=C4[C@@H](O)[C@@H](O)CC[C@]4(C)[C@H]3CC[C@]12C. The molecule has 0 bridgehead atoms. The van der Waals surface area contributed by atoms with E-state index in [2.05, 4.69) is 26.8 Å². The zero-order valence-corrected chi connectivity index (χ0v) is 19.3. The van der Waals surface area contributed by atoms with Crippen LogP contribution in [0.5, 0.6) is 0 Å². The van der Waals surface area contributed by atoms with Crippen LogP contribution >= 0.6 is 0 Å². The first-order valence-electron chi connectivity index (χ1n) is 12.3. The van der Waals surface area contributed by atoms with E-state index in [-0.39, 0.29) is 5.41 Å². The molecule has 3 nitrogen and oxygen atoms in total. The molecule has 0 spiro atoms. The number of allylic oxidation sites excluding steroid dienone is 1. The Hall–Kier alpha value is -0.380. The largest absolute Gasteiger partial charge is 0.390 e. The number of hydrogen-bond acceptors (Lipinski definition) is 3. The molecule has 0 aliphatic heterocycles. The summed E-state index contributed by atoms with van der Waals surface area (Å²) in [6.07, 6.45) is 11.2. The van der Waals surface area contributed by atoms with Crippen molar-refractivity contribution >= 4 is 0 Å². The van der Waals surface area contributed by atoms with Crippen LogP contribution in [0, 0.1) is 40.4 Å². The monoisotopic (exact) mass is 404 g/mol. The van der Waals surface area contributed by atoms with Crippen molar-refractivity contribution in [2.45, 2.75) is 110 Å². The molecule has 29 heavy (non-hydrogen) atoms. The van der Waals surface area contributed by atoms with Gasteiger partial charge in [0.2, 0.25) is 0 Å². The summed E-state index contributed by atoms with van der Waals surface area (Å²) in [5.41, 5.74) is 1.09. The van der Waals surface area contributed by atoms with Gasteiger partial charge in [-0.3, -0.25) is 0 Å². The van der Waals surface area contributed by atoms with Gasteiger partial charge in [0.25, 0.3) is 0 Å². The Morgan fingerprint density at radius 3 is 2.48 bits per heavy atom. The van der Waals surface area contributed by atoms with E-state index in [4.69, 9.17) is 0 Å². The molecular formula is C26H44O3. The number of aliphatic hydroxyl groups excluding tert-OH is 2. The van der Waals surface area contributed by atoms with E-state index in [9.17, 15) is 15.3 Å². The third kappa shape index (κ3) is 3.53. The van der Waals surface area contributed by atoms with Gasteiger partial charge in [-0.05, 0) is 118 Å². The molecule has 3 heteroatoms. The standard InChI is InChI=1S/C26H44O3/c1-16(10-13-24(2,3)29)18-8-9-19-17-6-7-21-23(28)22(27)12-15-26(21,5)20(17)11-14-25(18,19)4/h7,16-20,22-23,27-29H,6,8-15H2,1-5H3/t16-,17+,18-,19+,20+,22+,23-,25-,26-/m1/s1. The summed E-state index contributed by atoms with van der Waals surface area (Å²) in [5.74, 6) is 3.62. The van der Waals surface area contributed by atoms with Crippen LogP contribution in [-0.2, 0) is 0 Å². The predicted molar refractivity (Wildman–Crippen MR) is 117 cm³/mol. The van der Waals surface area contributed by atoms with E-state index in [0.29, 0.717) is 17.3 Å². The highest BCUT2D eigenvalue weighted by molar-refractivity contribution is 5.29. The maximum atomic E-state index is 10.7. The lowest BCUT2D eigenvalue weighted by Gasteiger charge is -2.59. The van der Waals surface area contributed by atoms with Crippen LogP contribution in [0.25, 0.3) is 0 Å². The summed E-state index contributed by atoms with van der Waals surface area (Å²) in [7, 11) is 0. The smallest absolute Gasteiger partial charge is 0.101 e. The Morgan fingerprint density at radius 2 is 1.79 bits per heavy atom. The van der Waals surface area contributed by atoms with E-state index in [1.54, 1.807) is 0 Å². The fraction of sp³-hybridized carbons (Fsp3) is 0.923. The molecule has 4 rings (SSSR count). The molecule has 166 valence electrons. The van der Waals surface area contributed by atoms with E-state index >= 15 is 0 Å². The van der Waals surface area contributed by atoms with E-state index in [1.807, 2.05) is 13.8 Å². The Kier molecular flexibility index (Phi) is 5.53. The van der Waals surface area contributed by atoms with Crippen molar-refractivity contribution in [2.75, 3.05) is 0 Å². The molecule has 3 fully saturated rings. The van der Waals surface area contributed by atoms with Crippen LogP contribution in [0.1, 0.15) is 92.4 Å². The second-order valence-electron chi connectivity index (χ2n) is 12.3. The molecule has 9 atom stereocenters. The van der Waals surface area contributed by atoms with Crippen molar-refractivity contribution < 1.29 is 15.3 Å². The molecule has 4 aliphatic carbocycles. The second kappa shape index (κ2) is 7.35. The van der Waals surface area contributed by atoms with Crippen molar-refractivity contribution in [1.82, 2.24) is 0 Å². The van der Waals surface area contributed by atoms with Gasteiger partial charge in [0.1, 0.15) is 6.10 Å². The topological polar surface area (TPSA) is 60.7 Å². The fourth-order valence-corrected chi connectivity index (χ4v) is 8.48. The highest BCUT2D eigenvalue weighted by Gasteiger charge is 2.60. The normalized spacial score (nSPS) is 48.3. The molecule has 3 N–H and O–H groups in total. The number of aliphatic hydroxyl groups is 3. The van der Waals surface area contributed by atoms with Gasteiger partial charge in [-0.2, -0.15) is 0 Å². The van der Waals surface area contributed by atoms with Crippen molar-refractivity contribution in [3.63, 3.8) is 0 Å². The molecule has 3 saturated carbocycles. The Balaban J connectivity index is 1.54. The molecule has 0 heterocycles. The minimum atomic E-state index is -0.652. The Morgan fingerprint density at radius 1 is 1.07 bits per heavy atom. The first kappa shape index (κ1) is 21.8. The molecule has 0 amide bonds. The third-order valence-corrected chi connectivity index (χ3v) is 10.1. The van der Waals surface area contributed by atoms with Gasteiger partial charge in [-0.15, -0.1) is 0 Å². The van der Waals surface area contributed by atoms with Crippen molar-refractivity contribution in [3.8, 4) is 0 Å². The summed E-state index contributed by atoms with van der Waals surface area (Å²) in [5, 5.41) is 31.1. The average Bonchev–Trinajstić information content (AvgIpc) is 3.00. The molecule has 0 saturated heterocycles. The zero-order valence-electron chi connectivity index (χ0n) is 19.3. The van der Waals surface area contributed by atoms with Crippen molar-refractivity contribution in [1.29, 1.82) is 0 Å². The lowest BCUT2D eigenvalue weighted by Crippen LogP contribution is -2.53. The molecule has 0 radical (unpaired) electrons. The minimum absolute atomic E-state index is 0.0769. The minimum Gasteiger partial charge on any atom is -0.390 e. The van der Waals surface area contributed by atoms with Gasteiger partial charge in [-0.1, -0.05) is 26.8 Å². The van der Waals surface area contributed by atoms with Crippen LogP contribution in [-0.4, -0.2) is 33.1 Å². The first-order valence-corrected chi connectivity index (χ1v) is 12.3. The summed E-state index contributed by atoms with van der Waals surface area (Å²) < 4.78 is 0. The van der Waals surface area contributed by atoms with Crippen molar-refractivity contribution in [3.05, 3.63) is 11.6 Å². The summed E-state index contributed by atoms with van der Waals surface area (Å²) in [6, 6.07) is 0. The van der Waals surface area contributed by atoms with Crippen LogP contribution in [0.2, 0.25) is 0 Å². The van der Waals surface area contributed by atoms with E-state index < -0.39 is 17.8 Å². The van der Waals surface area contributed by atoms with Gasteiger partial charge in [0, 0.05) is 0 Å². The molecule has 0 unspecified atom stereocenters. The van der Waals surface area contributed by atoms with Crippen LogP contribution in [0.15, 0.2) is 11.6 Å². The second-order valence-corrected chi connectivity index (χ2v) is 12.3. The number of hydrogen-bond donors (Lipinski definition) is 3. The number of rotatable bonds is 4. The highest BCUT2D eigenvalue weighted by atomic mass is 16.3. The maximum Gasteiger partial charge on any atom is 0.101 e. The quantitative estimate of drug-likeness (QED) is 0.572. The lowest BCUT2D eigenvalue weighted by atomic mass is 9.46. The first-order chi connectivity index (χ1) is 13.5. The Labute approximate surface area is 178 Å². The number of fused-ring (bicyclic) bond motifs is 5. The molecular weight excluding hydrogens is 360 g/mol. The van der Waals surface area contributed by atoms with Gasteiger partial charge in [0.15, 0.2) is 0 Å². The van der Waals surface area contributed by atoms with Crippen molar-refractivity contribution in [2.24, 2.45) is 40.4 Å². The lowest BCUT2D eigenvalue weighted by molar-refractivity contribution is -0.0806. The average molecular weight is 405 g/mol. The summed E-state index contributed by atoms with van der Waals surface area (Å²) in [4.78, 5) is 0. The van der Waals surface area contributed by atoms with Crippen LogP contribution in [0.4, 0.5) is 0 Å². The van der Waals surface area contributed by atoms with E-state index in [1.165, 1.54) is 25.7 Å². The van der Waals surface area contributed by atoms with Crippen LogP contribution < -0.4 is 0 Å². The van der Waals surface area contributed by atoms with Gasteiger partial charge >= 0.3 is 0 Å². The maximum absolute atomic E-state index is 10.7. The molecule has 0 aromatic carbocycles. The van der Waals surface area contributed by atoms with E-state index in [0.717, 1.165) is 55.4 Å². The van der Waals surface area contributed by atoms with Gasteiger partial charge in [0.05, 0.1) is 11.7 Å². The highest BCUT2D eigenvalue weighted by Crippen LogP contribution is 2.67. The van der Waals surface area contributed by atoms with Crippen LogP contribution in [0.3, 0.4) is 0 Å². The fourth-order valence-electron chi connectivity index (χ4n) is 8.48. The Bertz CT molecular complexity index is 649. The van der Waals surface area contributed by atoms with Gasteiger partial charge < -0.3 is 15.3 Å². The summed E-state index contributed by atoms with van der Waals surface area (Å²) >= 11 is 0. The zero-order chi connectivity index (χ0) is 21.2. The predicted octanol–water partition coefficient (Wildman–Crippen LogP) is 5.08.